The summed E-state index contributed by atoms with van der Waals surface area (Å²) in [6, 6.07) is 20.7. The minimum absolute atomic E-state index is 0.179. The number of hydrogen-bond acceptors (Lipinski definition) is 5. The van der Waals surface area contributed by atoms with E-state index in [9.17, 15) is 24.0 Å². The molecule has 0 fully saturated rings. The molecule has 9 heteroatoms. The number of hydrogen-bond donors (Lipinski definition) is 3. The Morgan fingerprint density at radius 1 is 0.833 bits per heavy atom. The van der Waals surface area contributed by atoms with E-state index >= 15 is 0 Å². The number of nitrogens with one attached hydrogen (secondary N) is 3. The topological polar surface area (TPSA) is 125 Å². The van der Waals surface area contributed by atoms with Gasteiger partial charge in [-0.2, -0.15) is 0 Å². The van der Waals surface area contributed by atoms with Gasteiger partial charge in [0, 0.05) is 24.2 Å². The Bertz CT molecular complexity index is 1490. The van der Waals surface area contributed by atoms with Crippen LogP contribution in [0.4, 0.5) is 5.69 Å². The number of amides is 4. The molecule has 0 bridgehead atoms. The third kappa shape index (κ3) is 6.74. The summed E-state index contributed by atoms with van der Waals surface area (Å²) in [6.07, 6.45) is 0.294. The molecule has 4 amide bonds. The van der Waals surface area contributed by atoms with Crippen LogP contribution in [0.2, 0.25) is 0 Å². The Morgan fingerprint density at radius 3 is 2.17 bits per heavy atom. The van der Waals surface area contributed by atoms with Crippen LogP contribution >= 0.6 is 0 Å². The molecule has 0 saturated carbocycles. The molecule has 3 aromatic carbocycles. The summed E-state index contributed by atoms with van der Waals surface area (Å²) in [7, 11) is 0. The average Bonchev–Trinajstić information content (AvgIpc) is 3.38. The van der Waals surface area contributed by atoms with Crippen molar-refractivity contribution < 1.29 is 24.0 Å². The van der Waals surface area contributed by atoms with Crippen molar-refractivity contribution in [2.45, 2.75) is 58.8 Å². The summed E-state index contributed by atoms with van der Waals surface area (Å²) in [6.45, 7) is 6.96. The molecule has 4 rings (SSSR count). The first-order valence-electron chi connectivity index (χ1n) is 14.0. The smallest absolute Gasteiger partial charge is 0.289 e. The van der Waals surface area contributed by atoms with Gasteiger partial charge in [0.25, 0.3) is 11.8 Å². The number of carbonyl (C=O) groups is 5. The van der Waals surface area contributed by atoms with E-state index in [2.05, 4.69) is 16.0 Å². The fraction of sp³-hybridized carbons (Fsp3) is 0.303. The van der Waals surface area contributed by atoms with Crippen LogP contribution in [-0.2, 0) is 32.1 Å². The lowest BCUT2D eigenvalue weighted by molar-refractivity contribution is -0.141. The summed E-state index contributed by atoms with van der Waals surface area (Å²) in [5.41, 5.74) is 3.61. The first kappa shape index (κ1) is 30.2. The Hall–Kier alpha value is -4.79. The molecule has 1 aliphatic rings. The molecule has 1 aliphatic heterocycles. The van der Waals surface area contributed by atoms with Crippen molar-refractivity contribution in [1.82, 2.24) is 16.0 Å². The van der Waals surface area contributed by atoms with Crippen LogP contribution < -0.4 is 20.9 Å². The van der Waals surface area contributed by atoms with Crippen molar-refractivity contribution >= 4 is 35.1 Å². The standard InChI is InChI=1S/C33H36N4O5/c1-20(2)28(29(38)32(41)34-19-23-13-6-5-7-14-23)36-30(39)22(4)35-31(40)27-18-24-15-9-11-17-26(24)37(27)33(42)25-16-10-8-12-21(25)3/h5-17,20,22,27-28H,18-19H2,1-4H3,(H,34,41)(H,35,40)(H,36,39)/t22-,27?,28-/m0/s1. The largest absolute Gasteiger partial charge is 0.345 e. The van der Waals surface area contributed by atoms with Gasteiger partial charge in [-0.05, 0) is 48.6 Å². The quantitative estimate of drug-likeness (QED) is 0.324. The van der Waals surface area contributed by atoms with Crippen LogP contribution in [0.5, 0.6) is 0 Å². The lowest BCUT2D eigenvalue weighted by Crippen LogP contribution is -2.57. The fourth-order valence-corrected chi connectivity index (χ4v) is 4.98. The van der Waals surface area contributed by atoms with Gasteiger partial charge in [-0.15, -0.1) is 0 Å². The highest BCUT2D eigenvalue weighted by atomic mass is 16.2. The average molecular weight is 569 g/mol. The van der Waals surface area contributed by atoms with Gasteiger partial charge in [-0.1, -0.05) is 80.6 Å². The second-order valence-electron chi connectivity index (χ2n) is 10.8. The molecule has 3 N–H and O–H groups in total. The summed E-state index contributed by atoms with van der Waals surface area (Å²) < 4.78 is 0. The van der Waals surface area contributed by atoms with Gasteiger partial charge in [0.15, 0.2) is 0 Å². The zero-order valence-corrected chi connectivity index (χ0v) is 24.2. The monoisotopic (exact) mass is 568 g/mol. The maximum atomic E-state index is 13.7. The molecule has 218 valence electrons. The second kappa shape index (κ2) is 13.2. The van der Waals surface area contributed by atoms with Crippen LogP contribution in [-0.4, -0.2) is 47.5 Å². The van der Waals surface area contributed by atoms with Gasteiger partial charge in [-0.3, -0.25) is 28.9 Å². The highest BCUT2D eigenvalue weighted by Crippen LogP contribution is 2.34. The molecule has 0 spiro atoms. The summed E-state index contributed by atoms with van der Waals surface area (Å²) in [5, 5.41) is 7.94. The van der Waals surface area contributed by atoms with Crippen LogP contribution in [0.25, 0.3) is 0 Å². The normalized spacial score (nSPS) is 15.4. The predicted molar refractivity (Wildman–Crippen MR) is 160 cm³/mol. The zero-order valence-electron chi connectivity index (χ0n) is 24.2. The number of rotatable bonds is 10. The van der Waals surface area contributed by atoms with Gasteiger partial charge < -0.3 is 16.0 Å². The fourth-order valence-electron chi connectivity index (χ4n) is 4.98. The molecule has 0 aliphatic carbocycles. The van der Waals surface area contributed by atoms with E-state index in [0.29, 0.717) is 17.7 Å². The van der Waals surface area contributed by atoms with Crippen LogP contribution in [0.1, 0.15) is 47.8 Å². The molecule has 3 aromatic rings. The summed E-state index contributed by atoms with van der Waals surface area (Å²) in [4.78, 5) is 67.3. The number of aryl methyl sites for hydroxylation is 1. The number of nitrogens with zero attached hydrogens (tertiary/aromatic N) is 1. The third-order valence-corrected chi connectivity index (χ3v) is 7.39. The Kier molecular flexibility index (Phi) is 9.52. The minimum atomic E-state index is -1.08. The van der Waals surface area contributed by atoms with E-state index < -0.39 is 41.6 Å². The van der Waals surface area contributed by atoms with Crippen LogP contribution in [0.15, 0.2) is 78.9 Å². The molecule has 0 saturated heterocycles. The number of ketones is 1. The van der Waals surface area contributed by atoms with Gasteiger partial charge in [0.05, 0.1) is 6.04 Å². The van der Waals surface area contributed by atoms with Crippen molar-refractivity contribution in [1.29, 1.82) is 0 Å². The molecule has 1 unspecified atom stereocenters. The van der Waals surface area contributed by atoms with Gasteiger partial charge in [0.2, 0.25) is 17.6 Å². The van der Waals surface area contributed by atoms with Crippen molar-refractivity contribution in [3.8, 4) is 0 Å². The lowest BCUT2D eigenvalue weighted by Gasteiger charge is -2.27. The van der Waals surface area contributed by atoms with Crippen LogP contribution in [0.3, 0.4) is 0 Å². The maximum Gasteiger partial charge on any atom is 0.289 e. The molecule has 0 radical (unpaired) electrons. The first-order chi connectivity index (χ1) is 20.1. The van der Waals surface area contributed by atoms with Gasteiger partial charge in [0.1, 0.15) is 12.1 Å². The molecular weight excluding hydrogens is 532 g/mol. The highest BCUT2D eigenvalue weighted by Gasteiger charge is 2.40. The number of Topliss-reactive ketones (excluding diaryl/α,β-unsaturated/α-hetero) is 1. The molecule has 3 atom stereocenters. The van der Waals surface area contributed by atoms with Crippen molar-refractivity contribution in [2.75, 3.05) is 4.90 Å². The van der Waals surface area contributed by atoms with E-state index in [1.165, 1.54) is 11.8 Å². The maximum absolute atomic E-state index is 13.7. The summed E-state index contributed by atoms with van der Waals surface area (Å²) >= 11 is 0. The second-order valence-corrected chi connectivity index (χ2v) is 10.8. The van der Waals surface area contributed by atoms with Gasteiger partial charge in [-0.25, -0.2) is 0 Å². The molecule has 0 aromatic heterocycles. The molecule has 1 heterocycles. The summed E-state index contributed by atoms with van der Waals surface area (Å²) in [5.74, 6) is -3.36. The zero-order chi connectivity index (χ0) is 30.4. The van der Waals surface area contributed by atoms with Gasteiger partial charge >= 0.3 is 0 Å². The number of anilines is 1. The Balaban J connectivity index is 1.43. The first-order valence-corrected chi connectivity index (χ1v) is 14.0. The third-order valence-electron chi connectivity index (χ3n) is 7.39. The number of para-hydroxylation sites is 1. The SMILES string of the molecule is Cc1ccccc1C(=O)N1c2ccccc2CC1C(=O)N[C@@H](C)C(=O)N[C@H](C(=O)C(=O)NCc1ccccc1)C(C)C. The van der Waals surface area contributed by atoms with E-state index in [-0.39, 0.29) is 18.4 Å². The predicted octanol–water partition coefficient (Wildman–Crippen LogP) is 3.10. The van der Waals surface area contributed by atoms with E-state index in [0.717, 1.165) is 16.7 Å². The molecule has 9 nitrogen and oxygen atoms in total. The highest BCUT2D eigenvalue weighted by molar-refractivity contribution is 6.38. The minimum Gasteiger partial charge on any atom is -0.345 e. The number of carbonyl (C=O) groups excluding carboxylic acids is 5. The van der Waals surface area contributed by atoms with E-state index in [1.54, 1.807) is 32.0 Å². The molecule has 42 heavy (non-hydrogen) atoms. The number of fused-ring (bicyclic) bond motifs is 1. The Labute approximate surface area is 245 Å². The van der Waals surface area contributed by atoms with Crippen molar-refractivity contribution in [3.05, 3.63) is 101 Å². The molecular formula is C33H36N4O5. The number of benzene rings is 3. The van der Waals surface area contributed by atoms with E-state index in [4.69, 9.17) is 0 Å². The van der Waals surface area contributed by atoms with E-state index in [1.807, 2.05) is 67.6 Å². The Morgan fingerprint density at radius 2 is 1.48 bits per heavy atom. The van der Waals surface area contributed by atoms with Crippen LogP contribution in [0, 0.1) is 12.8 Å². The van der Waals surface area contributed by atoms with Crippen molar-refractivity contribution in [3.63, 3.8) is 0 Å². The lowest BCUT2D eigenvalue weighted by atomic mass is 9.98. The van der Waals surface area contributed by atoms with Crippen molar-refractivity contribution in [2.24, 2.45) is 5.92 Å².